The van der Waals surface area contributed by atoms with Crippen LogP contribution in [0.15, 0.2) is 0 Å². The zero-order valence-corrected chi connectivity index (χ0v) is 10.9. The smallest absolute Gasteiger partial charge is 0.411 e. The molecule has 2 atom stereocenters. The molecule has 1 fully saturated rings. The van der Waals surface area contributed by atoms with Gasteiger partial charge in [0, 0.05) is 6.04 Å². The summed E-state index contributed by atoms with van der Waals surface area (Å²) in [5.74, 6) is -2.40. The maximum atomic E-state index is 11.9. The van der Waals surface area contributed by atoms with Crippen LogP contribution in [0.3, 0.4) is 0 Å². The molecule has 5 nitrogen and oxygen atoms in total. The van der Waals surface area contributed by atoms with Gasteiger partial charge >= 0.3 is 12.1 Å². The molecule has 1 amide bonds. The van der Waals surface area contributed by atoms with E-state index in [4.69, 9.17) is 5.11 Å². The summed E-state index contributed by atoms with van der Waals surface area (Å²) in [5.41, 5.74) is 0. The molecule has 0 unspecified atom stereocenters. The first-order valence-electron chi connectivity index (χ1n) is 6.46. The van der Waals surface area contributed by atoms with E-state index in [9.17, 15) is 22.8 Å². The fraction of sp³-hybridized carbons (Fsp3) is 0.833. The summed E-state index contributed by atoms with van der Waals surface area (Å²) in [6.07, 6.45) is -1.05. The van der Waals surface area contributed by atoms with Gasteiger partial charge in [0.2, 0.25) is 5.91 Å². The fourth-order valence-electron chi connectivity index (χ4n) is 2.28. The number of hydrogen-bond acceptors (Lipinski definition) is 3. The molecular formula is C12H18F3NO4. The van der Waals surface area contributed by atoms with Gasteiger partial charge in [-0.1, -0.05) is 19.3 Å². The number of aliphatic carboxylic acids is 1. The Morgan fingerprint density at radius 2 is 1.85 bits per heavy atom. The van der Waals surface area contributed by atoms with Crippen molar-refractivity contribution >= 4 is 11.9 Å². The summed E-state index contributed by atoms with van der Waals surface area (Å²) in [7, 11) is 0. The number of nitrogens with one attached hydrogen (secondary N) is 1. The van der Waals surface area contributed by atoms with Crippen LogP contribution < -0.4 is 5.32 Å². The highest BCUT2D eigenvalue weighted by molar-refractivity contribution is 5.79. The van der Waals surface area contributed by atoms with Crippen LogP contribution in [0.5, 0.6) is 0 Å². The van der Waals surface area contributed by atoms with Crippen LogP contribution in [0.25, 0.3) is 0 Å². The van der Waals surface area contributed by atoms with Gasteiger partial charge in [0.25, 0.3) is 0 Å². The van der Waals surface area contributed by atoms with E-state index >= 15 is 0 Å². The zero-order chi connectivity index (χ0) is 15.2. The van der Waals surface area contributed by atoms with Gasteiger partial charge in [0.15, 0.2) is 0 Å². The molecule has 0 aromatic rings. The number of carboxylic acids is 1. The Hall–Kier alpha value is -1.31. The Morgan fingerprint density at radius 3 is 2.45 bits per heavy atom. The minimum absolute atomic E-state index is 0.462. The van der Waals surface area contributed by atoms with Crippen molar-refractivity contribution < 1.29 is 32.6 Å². The van der Waals surface area contributed by atoms with E-state index in [2.05, 4.69) is 10.1 Å². The van der Waals surface area contributed by atoms with Crippen molar-refractivity contribution in [3.8, 4) is 0 Å². The normalized spacial score (nSPS) is 23.9. The Bertz CT molecular complexity index is 346. The molecule has 116 valence electrons. The van der Waals surface area contributed by atoms with Crippen molar-refractivity contribution in [2.45, 2.75) is 44.3 Å². The third kappa shape index (κ3) is 6.23. The minimum Gasteiger partial charge on any atom is -0.481 e. The summed E-state index contributed by atoms with van der Waals surface area (Å²) in [5, 5.41) is 11.6. The number of carboxylic acid groups (broad SMARTS) is 1. The molecule has 2 N–H and O–H groups in total. The highest BCUT2D eigenvalue weighted by Gasteiger charge is 2.31. The third-order valence-corrected chi connectivity index (χ3v) is 3.18. The fourth-order valence-corrected chi connectivity index (χ4v) is 2.28. The summed E-state index contributed by atoms with van der Waals surface area (Å²) in [6.45, 7) is -2.21. The predicted molar refractivity (Wildman–Crippen MR) is 63.0 cm³/mol. The maximum absolute atomic E-state index is 11.9. The van der Waals surface area contributed by atoms with E-state index in [1.807, 2.05) is 0 Å². The van der Waals surface area contributed by atoms with Crippen molar-refractivity contribution in [1.82, 2.24) is 5.32 Å². The van der Waals surface area contributed by atoms with Gasteiger partial charge in [0.1, 0.15) is 13.2 Å². The second-order valence-corrected chi connectivity index (χ2v) is 4.86. The average Bonchev–Trinajstić information content (AvgIpc) is 2.52. The molecule has 0 aliphatic heterocycles. The Morgan fingerprint density at radius 1 is 1.20 bits per heavy atom. The lowest BCUT2D eigenvalue weighted by atomic mass is 9.95. The monoisotopic (exact) mass is 297 g/mol. The van der Waals surface area contributed by atoms with Crippen molar-refractivity contribution in [3.63, 3.8) is 0 Å². The number of hydrogen-bond donors (Lipinski definition) is 2. The minimum atomic E-state index is -4.48. The quantitative estimate of drug-likeness (QED) is 0.758. The number of ether oxygens (including phenoxy) is 1. The molecule has 8 heteroatoms. The molecule has 0 aromatic heterocycles. The van der Waals surface area contributed by atoms with E-state index in [0.29, 0.717) is 12.8 Å². The maximum Gasteiger partial charge on any atom is 0.411 e. The molecule has 1 rings (SSSR count). The lowest BCUT2D eigenvalue weighted by molar-refractivity contribution is -0.175. The van der Waals surface area contributed by atoms with E-state index in [1.165, 1.54) is 0 Å². The number of carbonyl (C=O) groups excluding carboxylic acids is 1. The summed E-state index contributed by atoms with van der Waals surface area (Å²) in [6, 6.07) is -0.544. The van der Waals surface area contributed by atoms with E-state index in [-0.39, 0.29) is 0 Å². The standard InChI is InChI=1S/C12H18F3NO4/c13-12(14,15)7-20-6-10(17)16-9-5-3-1-2-4-8(9)11(18)19/h8-9H,1-7H2,(H,16,17)(H,18,19)/t8-,9+/m1/s1. The number of halogens is 3. The predicted octanol–water partition coefficient (Wildman–Crippen LogP) is 1.72. The topological polar surface area (TPSA) is 75.6 Å². The number of amides is 1. The van der Waals surface area contributed by atoms with E-state index in [0.717, 1.165) is 19.3 Å². The van der Waals surface area contributed by atoms with Crippen LogP contribution >= 0.6 is 0 Å². The van der Waals surface area contributed by atoms with Crippen molar-refractivity contribution in [3.05, 3.63) is 0 Å². The van der Waals surface area contributed by atoms with Gasteiger partial charge < -0.3 is 15.2 Å². The Labute approximate surface area is 114 Å². The Balaban J connectivity index is 2.43. The highest BCUT2D eigenvalue weighted by Crippen LogP contribution is 2.23. The number of alkyl halides is 3. The van der Waals surface area contributed by atoms with Crippen LogP contribution in [-0.2, 0) is 14.3 Å². The SMILES string of the molecule is O=C(COCC(F)(F)F)N[C@H]1CCCCC[C@H]1C(=O)O. The second kappa shape index (κ2) is 7.47. The van der Waals surface area contributed by atoms with Gasteiger partial charge in [-0.3, -0.25) is 9.59 Å². The largest absolute Gasteiger partial charge is 0.481 e. The van der Waals surface area contributed by atoms with Crippen LogP contribution in [0.4, 0.5) is 13.2 Å². The average molecular weight is 297 g/mol. The molecular weight excluding hydrogens is 279 g/mol. The molecule has 0 heterocycles. The first-order chi connectivity index (χ1) is 9.29. The lowest BCUT2D eigenvalue weighted by Gasteiger charge is -2.22. The van der Waals surface area contributed by atoms with Crippen LogP contribution in [0, 0.1) is 5.92 Å². The van der Waals surface area contributed by atoms with E-state index < -0.39 is 43.2 Å². The molecule has 0 bridgehead atoms. The lowest BCUT2D eigenvalue weighted by Crippen LogP contribution is -2.44. The number of rotatable bonds is 5. The summed E-state index contributed by atoms with van der Waals surface area (Å²) >= 11 is 0. The molecule has 20 heavy (non-hydrogen) atoms. The van der Waals surface area contributed by atoms with Gasteiger partial charge in [0.05, 0.1) is 5.92 Å². The Kier molecular flexibility index (Phi) is 6.25. The molecule has 1 saturated carbocycles. The number of carbonyl (C=O) groups is 2. The molecule has 0 saturated heterocycles. The first-order valence-corrected chi connectivity index (χ1v) is 6.46. The molecule has 0 radical (unpaired) electrons. The van der Waals surface area contributed by atoms with Crippen molar-refractivity contribution in [1.29, 1.82) is 0 Å². The van der Waals surface area contributed by atoms with Crippen molar-refractivity contribution in [2.24, 2.45) is 5.92 Å². The summed E-state index contributed by atoms with van der Waals surface area (Å²) in [4.78, 5) is 22.6. The van der Waals surface area contributed by atoms with E-state index in [1.54, 1.807) is 0 Å². The van der Waals surface area contributed by atoms with Gasteiger partial charge in [-0.15, -0.1) is 0 Å². The molecule has 1 aliphatic rings. The van der Waals surface area contributed by atoms with Gasteiger partial charge in [-0.2, -0.15) is 13.2 Å². The zero-order valence-electron chi connectivity index (χ0n) is 10.9. The van der Waals surface area contributed by atoms with Crippen LogP contribution in [0.1, 0.15) is 32.1 Å². The first kappa shape index (κ1) is 16.7. The molecule has 0 aromatic carbocycles. The summed E-state index contributed by atoms with van der Waals surface area (Å²) < 4.78 is 39.8. The molecule has 0 spiro atoms. The van der Waals surface area contributed by atoms with Crippen LogP contribution in [0.2, 0.25) is 0 Å². The third-order valence-electron chi connectivity index (χ3n) is 3.18. The van der Waals surface area contributed by atoms with Crippen molar-refractivity contribution in [2.75, 3.05) is 13.2 Å². The van der Waals surface area contributed by atoms with Gasteiger partial charge in [-0.25, -0.2) is 0 Å². The van der Waals surface area contributed by atoms with Gasteiger partial charge in [-0.05, 0) is 12.8 Å². The second-order valence-electron chi connectivity index (χ2n) is 4.86. The van der Waals surface area contributed by atoms with Crippen LogP contribution in [-0.4, -0.2) is 42.4 Å². The molecule has 1 aliphatic carbocycles. The highest BCUT2D eigenvalue weighted by atomic mass is 19.4.